The monoisotopic (exact) mass is 701 g/mol. The van der Waals surface area contributed by atoms with E-state index in [1.807, 2.05) is 55.6 Å². The molecule has 0 amide bonds. The first-order valence-electron chi connectivity index (χ1n) is 13.2. The van der Waals surface area contributed by atoms with Gasteiger partial charge in [0.2, 0.25) is 5.71 Å². The standard InChI is InChI=1S/C22H18N3O.C12H10N.Ir/c1-2-3-13-24-15-25(20-9-5-4-8-19(20)24)16-10-11-17-18-7-6-12-23-22(18)26-21(17)14-16;1-10-7-8-12(13-9-10)11-5-3-2-4-6-11;/h4-12H,2-3,13H2,1H3;2-5,7-9H,1H3;/q+1;-1;. The number of hydrogen-bond donors (Lipinski definition) is 0. The van der Waals surface area contributed by atoms with Crippen LogP contribution in [-0.2, 0) is 20.1 Å². The number of aromatic nitrogens is 2. The Balaban J connectivity index is 0.000000195. The molecule has 0 bridgehead atoms. The van der Waals surface area contributed by atoms with E-state index in [1.165, 1.54) is 11.3 Å². The Kier molecular flexibility index (Phi) is 8.42. The van der Waals surface area contributed by atoms with Gasteiger partial charge in [0, 0.05) is 56.6 Å². The molecule has 3 aromatic heterocycles. The van der Waals surface area contributed by atoms with Crippen molar-refractivity contribution in [2.24, 2.45) is 0 Å². The fourth-order valence-corrected chi connectivity index (χ4v) is 4.62. The van der Waals surface area contributed by atoms with Gasteiger partial charge in [-0.2, -0.15) is 6.07 Å². The number of aryl methyl sites for hydroxylation is 1. The summed E-state index contributed by atoms with van der Waals surface area (Å²) in [5.41, 5.74) is 7.79. The first-order chi connectivity index (χ1) is 19.2. The Hall–Kier alpha value is -4.21. The molecule has 7 rings (SSSR count). The molecule has 0 N–H and O–H groups in total. The Morgan fingerprint density at radius 2 is 1.73 bits per heavy atom. The van der Waals surface area contributed by atoms with Crippen LogP contribution in [-0.4, -0.2) is 27.1 Å². The molecular formula is C34H28IrN4O. The maximum absolute atomic E-state index is 5.90. The number of hydrogen-bond acceptors (Lipinski definition) is 3. The largest absolute Gasteiger partial charge is 0.494 e. The number of benzene rings is 3. The van der Waals surface area contributed by atoms with Gasteiger partial charge in [-0.25, -0.2) is 4.98 Å². The van der Waals surface area contributed by atoms with Crippen LogP contribution in [0.4, 0.5) is 17.1 Å². The van der Waals surface area contributed by atoms with Gasteiger partial charge in [0.05, 0.1) is 0 Å². The maximum atomic E-state index is 5.90. The molecule has 6 aromatic rings. The molecule has 4 heterocycles. The quantitative estimate of drug-likeness (QED) is 0.135. The molecule has 0 aliphatic carbocycles. The fourth-order valence-electron chi connectivity index (χ4n) is 4.62. The number of para-hydroxylation sites is 2. The van der Waals surface area contributed by atoms with Crippen molar-refractivity contribution in [3.63, 3.8) is 0 Å². The summed E-state index contributed by atoms with van der Waals surface area (Å²) < 4.78 is 10.1. The normalized spacial score (nSPS) is 11.8. The molecule has 6 heteroatoms. The summed E-state index contributed by atoms with van der Waals surface area (Å²) in [5.74, 6) is 0. The summed E-state index contributed by atoms with van der Waals surface area (Å²) in [4.78, 5) is 8.62. The van der Waals surface area contributed by atoms with Crippen LogP contribution in [0, 0.1) is 19.1 Å². The van der Waals surface area contributed by atoms with Crippen molar-refractivity contribution < 1.29 is 29.1 Å². The Labute approximate surface area is 247 Å². The topological polar surface area (TPSA) is 44.9 Å². The van der Waals surface area contributed by atoms with Crippen LogP contribution in [0.2, 0.25) is 0 Å². The van der Waals surface area contributed by atoms with Crippen LogP contribution < -0.4 is 4.58 Å². The molecule has 3 aromatic carbocycles. The Bertz CT molecular complexity index is 1840. The third kappa shape index (κ3) is 5.57. The second kappa shape index (κ2) is 12.3. The zero-order chi connectivity index (χ0) is 26.6. The summed E-state index contributed by atoms with van der Waals surface area (Å²) >= 11 is 0. The van der Waals surface area contributed by atoms with Crippen LogP contribution in [0.25, 0.3) is 33.3 Å². The van der Waals surface area contributed by atoms with Crippen molar-refractivity contribution in [2.45, 2.75) is 26.7 Å². The number of unbranched alkanes of at least 4 members (excludes halogenated alkanes) is 1. The van der Waals surface area contributed by atoms with Crippen LogP contribution in [0.1, 0.15) is 25.3 Å². The van der Waals surface area contributed by atoms with E-state index in [0.29, 0.717) is 5.71 Å². The summed E-state index contributed by atoms with van der Waals surface area (Å²) in [6.45, 7) is 5.20. The average Bonchev–Trinajstić information content (AvgIpc) is 3.55. The summed E-state index contributed by atoms with van der Waals surface area (Å²) in [5, 5.41) is 2.05. The maximum Gasteiger partial charge on any atom is 0.494 e. The molecule has 5 nitrogen and oxygen atoms in total. The van der Waals surface area contributed by atoms with Crippen LogP contribution in [0.5, 0.6) is 0 Å². The number of pyridine rings is 2. The number of furan rings is 1. The van der Waals surface area contributed by atoms with E-state index < -0.39 is 0 Å². The van der Waals surface area contributed by atoms with Gasteiger partial charge in [-0.3, -0.25) is 0 Å². The van der Waals surface area contributed by atoms with E-state index in [-0.39, 0.29) is 20.1 Å². The predicted octanol–water partition coefficient (Wildman–Crippen LogP) is 8.10. The molecule has 1 aliphatic rings. The third-order valence-corrected chi connectivity index (χ3v) is 6.66. The molecule has 1 radical (unpaired) electrons. The van der Waals surface area contributed by atoms with Gasteiger partial charge in [-0.15, -0.1) is 35.9 Å². The van der Waals surface area contributed by atoms with Gasteiger partial charge in [0.1, 0.15) is 5.69 Å². The minimum atomic E-state index is 0. The molecule has 1 aliphatic heterocycles. The third-order valence-electron chi connectivity index (χ3n) is 6.66. The molecule has 0 fully saturated rings. The van der Waals surface area contributed by atoms with Crippen molar-refractivity contribution in [1.29, 1.82) is 0 Å². The van der Waals surface area contributed by atoms with Gasteiger partial charge in [-0.1, -0.05) is 70.3 Å². The summed E-state index contributed by atoms with van der Waals surface area (Å²) in [6.07, 6.45) is 5.91. The van der Waals surface area contributed by atoms with E-state index in [0.717, 1.165) is 58.4 Å². The zero-order valence-electron chi connectivity index (χ0n) is 22.4. The molecule has 40 heavy (non-hydrogen) atoms. The number of nitrogens with zero attached hydrogens (tertiary/aromatic N) is 4. The van der Waals surface area contributed by atoms with Crippen LogP contribution in [0.15, 0.2) is 102 Å². The summed E-state index contributed by atoms with van der Waals surface area (Å²) in [6, 6.07) is 38.4. The van der Waals surface area contributed by atoms with E-state index in [4.69, 9.17) is 4.42 Å². The first-order valence-corrected chi connectivity index (χ1v) is 13.2. The Morgan fingerprint density at radius 1 is 0.875 bits per heavy atom. The van der Waals surface area contributed by atoms with Gasteiger partial charge < -0.3 is 9.40 Å². The molecule has 199 valence electrons. The van der Waals surface area contributed by atoms with Gasteiger partial charge >= 0.3 is 6.01 Å². The molecule has 0 atom stereocenters. The number of rotatable bonds is 5. The zero-order valence-corrected chi connectivity index (χ0v) is 24.8. The van der Waals surface area contributed by atoms with Crippen LogP contribution in [0.3, 0.4) is 0 Å². The van der Waals surface area contributed by atoms with Gasteiger partial charge in [-0.05, 0) is 29.6 Å². The number of fused-ring (bicyclic) bond motifs is 4. The summed E-state index contributed by atoms with van der Waals surface area (Å²) in [7, 11) is 0. The Morgan fingerprint density at radius 3 is 2.50 bits per heavy atom. The predicted molar refractivity (Wildman–Crippen MR) is 156 cm³/mol. The minimum absolute atomic E-state index is 0. The molecule has 0 spiro atoms. The fraction of sp³-hybridized carbons (Fsp3) is 0.147. The van der Waals surface area contributed by atoms with Crippen molar-refractivity contribution in [1.82, 2.24) is 14.5 Å². The van der Waals surface area contributed by atoms with Gasteiger partial charge in [0.15, 0.2) is 6.54 Å². The van der Waals surface area contributed by atoms with Gasteiger partial charge in [0.25, 0.3) is 11.4 Å². The second-order valence-corrected chi connectivity index (χ2v) is 9.47. The van der Waals surface area contributed by atoms with Crippen molar-refractivity contribution in [3.8, 4) is 11.3 Å². The SMILES string of the molecule is CCCC[N+]1=C=[N+](c2[c-]c3oc4ncccc4c3cc2)c2ccccc21.Cc1ccc(-c2[c-]cccc2)nc1.[Ir]. The van der Waals surface area contributed by atoms with E-state index in [2.05, 4.69) is 86.6 Å². The van der Waals surface area contributed by atoms with E-state index in [9.17, 15) is 0 Å². The van der Waals surface area contributed by atoms with Crippen LogP contribution >= 0.6 is 0 Å². The molecule has 0 unspecified atom stereocenters. The second-order valence-electron chi connectivity index (χ2n) is 9.47. The van der Waals surface area contributed by atoms with Crippen molar-refractivity contribution in [2.75, 3.05) is 6.54 Å². The first kappa shape index (κ1) is 27.4. The molecular weight excluding hydrogens is 673 g/mol. The molecule has 0 saturated heterocycles. The van der Waals surface area contributed by atoms with Crippen molar-refractivity contribution >= 4 is 45.1 Å². The van der Waals surface area contributed by atoms with Crippen molar-refractivity contribution in [3.05, 3.63) is 115 Å². The van der Waals surface area contributed by atoms with E-state index >= 15 is 0 Å². The smallest absolute Gasteiger partial charge is 0.465 e. The minimum Gasteiger partial charge on any atom is -0.465 e. The average molecular weight is 701 g/mol. The van der Waals surface area contributed by atoms with E-state index in [1.54, 1.807) is 6.20 Å². The molecule has 0 saturated carbocycles.